The van der Waals surface area contributed by atoms with Crippen LogP contribution in [0.3, 0.4) is 0 Å². The van der Waals surface area contributed by atoms with E-state index in [4.69, 9.17) is 11.6 Å². The van der Waals surface area contributed by atoms with Gasteiger partial charge in [-0.15, -0.1) is 0 Å². The molecule has 0 aliphatic carbocycles. The highest BCUT2D eigenvalue weighted by molar-refractivity contribution is 7.89. The summed E-state index contributed by atoms with van der Waals surface area (Å²) < 4.78 is 54.1. The Labute approximate surface area is 166 Å². The average molecular weight is 431 g/mol. The van der Waals surface area contributed by atoms with Crippen molar-refractivity contribution in [3.63, 3.8) is 0 Å². The quantitative estimate of drug-likeness (QED) is 0.695. The number of rotatable bonds is 8. The molecule has 2 aromatic rings. The molecule has 9 heteroatoms. The van der Waals surface area contributed by atoms with E-state index in [1.807, 2.05) is 0 Å². The maximum absolute atomic E-state index is 12.6. The van der Waals surface area contributed by atoms with Gasteiger partial charge in [-0.25, -0.2) is 21.6 Å². The van der Waals surface area contributed by atoms with Crippen LogP contribution in [0, 0.1) is 0 Å². The van der Waals surface area contributed by atoms with Crippen molar-refractivity contribution in [2.75, 3.05) is 13.1 Å². The molecule has 1 N–H and O–H groups in total. The van der Waals surface area contributed by atoms with E-state index in [9.17, 15) is 16.8 Å². The van der Waals surface area contributed by atoms with Crippen molar-refractivity contribution in [1.29, 1.82) is 0 Å². The molecule has 6 nitrogen and oxygen atoms in total. The molecule has 0 saturated carbocycles. The Hall–Kier alpha value is -1.45. The van der Waals surface area contributed by atoms with E-state index in [1.165, 1.54) is 28.6 Å². The van der Waals surface area contributed by atoms with Crippen LogP contribution >= 0.6 is 11.6 Å². The standard InChI is InChI=1S/C18H23ClN2O4S2/c1-4-21(5-2)27(24,25)18-11-9-17(10-12-18)26(22,23)20-14(3)15-7-6-8-16(19)13-15/h6-14,20H,4-5H2,1-3H3/t14-/m0/s1. The van der Waals surface area contributed by atoms with Crippen LogP contribution in [-0.2, 0) is 20.0 Å². The van der Waals surface area contributed by atoms with Gasteiger partial charge >= 0.3 is 0 Å². The molecule has 148 valence electrons. The van der Waals surface area contributed by atoms with Crippen LogP contribution in [0.4, 0.5) is 0 Å². The fourth-order valence-corrected chi connectivity index (χ4v) is 5.54. The lowest BCUT2D eigenvalue weighted by Gasteiger charge is -2.19. The summed E-state index contributed by atoms with van der Waals surface area (Å²) in [6.45, 7) is 5.90. The first-order valence-electron chi connectivity index (χ1n) is 8.49. The van der Waals surface area contributed by atoms with Crippen molar-refractivity contribution in [3.8, 4) is 0 Å². The Morgan fingerprint density at radius 2 is 1.52 bits per heavy atom. The fourth-order valence-electron chi connectivity index (χ4n) is 2.65. The van der Waals surface area contributed by atoms with E-state index >= 15 is 0 Å². The van der Waals surface area contributed by atoms with E-state index in [0.717, 1.165) is 5.56 Å². The van der Waals surface area contributed by atoms with Crippen molar-refractivity contribution in [2.45, 2.75) is 36.6 Å². The zero-order valence-electron chi connectivity index (χ0n) is 15.4. The minimum Gasteiger partial charge on any atom is -0.207 e. The molecule has 0 aromatic heterocycles. The molecule has 0 saturated heterocycles. The SMILES string of the molecule is CCN(CC)S(=O)(=O)c1ccc(S(=O)(=O)N[C@@H](C)c2cccc(Cl)c2)cc1. The van der Waals surface area contributed by atoms with Crippen LogP contribution in [0.5, 0.6) is 0 Å². The van der Waals surface area contributed by atoms with E-state index in [-0.39, 0.29) is 9.79 Å². The highest BCUT2D eigenvalue weighted by Crippen LogP contribution is 2.22. The summed E-state index contributed by atoms with van der Waals surface area (Å²) in [6.07, 6.45) is 0. The number of hydrogen-bond acceptors (Lipinski definition) is 4. The summed E-state index contributed by atoms with van der Waals surface area (Å²) in [5.41, 5.74) is 0.729. The molecule has 0 amide bonds. The molecular weight excluding hydrogens is 408 g/mol. The van der Waals surface area contributed by atoms with E-state index in [1.54, 1.807) is 45.0 Å². The molecular formula is C18H23ClN2O4S2. The normalized spacial score (nSPS) is 13.7. The first-order valence-corrected chi connectivity index (χ1v) is 11.8. The number of nitrogens with zero attached hydrogens (tertiary/aromatic N) is 1. The first-order chi connectivity index (χ1) is 12.6. The summed E-state index contributed by atoms with van der Waals surface area (Å²) in [5, 5.41) is 0.518. The average Bonchev–Trinajstić information content (AvgIpc) is 2.62. The third kappa shape index (κ3) is 5.08. The second kappa shape index (κ2) is 8.70. The molecule has 0 spiro atoms. The predicted molar refractivity (Wildman–Crippen MR) is 107 cm³/mol. The second-order valence-electron chi connectivity index (χ2n) is 5.96. The molecule has 1 atom stereocenters. The minimum absolute atomic E-state index is 0.00475. The van der Waals surface area contributed by atoms with Crippen LogP contribution in [0.2, 0.25) is 5.02 Å². The third-order valence-corrected chi connectivity index (χ3v) is 8.01. The molecule has 2 aromatic carbocycles. The van der Waals surface area contributed by atoms with E-state index in [0.29, 0.717) is 18.1 Å². The minimum atomic E-state index is -3.82. The highest BCUT2D eigenvalue weighted by Gasteiger charge is 2.23. The van der Waals surface area contributed by atoms with Crippen LogP contribution in [0.15, 0.2) is 58.3 Å². The topological polar surface area (TPSA) is 83.6 Å². The van der Waals surface area contributed by atoms with Crippen molar-refractivity contribution in [3.05, 3.63) is 59.1 Å². The fraction of sp³-hybridized carbons (Fsp3) is 0.333. The van der Waals surface area contributed by atoms with E-state index in [2.05, 4.69) is 4.72 Å². The Morgan fingerprint density at radius 3 is 2.04 bits per heavy atom. The maximum Gasteiger partial charge on any atom is 0.243 e. The van der Waals surface area contributed by atoms with Gasteiger partial charge in [0.15, 0.2) is 0 Å². The van der Waals surface area contributed by atoms with Gasteiger partial charge in [-0.3, -0.25) is 0 Å². The van der Waals surface area contributed by atoms with Gasteiger partial charge in [0.05, 0.1) is 9.79 Å². The van der Waals surface area contributed by atoms with Crippen LogP contribution in [-0.4, -0.2) is 34.2 Å². The van der Waals surface area contributed by atoms with Crippen molar-refractivity contribution < 1.29 is 16.8 Å². The molecule has 0 bridgehead atoms. The lowest BCUT2D eigenvalue weighted by Crippen LogP contribution is -2.30. The highest BCUT2D eigenvalue weighted by atomic mass is 35.5. The number of hydrogen-bond donors (Lipinski definition) is 1. The van der Waals surface area contributed by atoms with Crippen molar-refractivity contribution in [1.82, 2.24) is 9.03 Å². The monoisotopic (exact) mass is 430 g/mol. The molecule has 0 heterocycles. The van der Waals surface area contributed by atoms with Gasteiger partial charge in [-0.2, -0.15) is 4.31 Å². The summed E-state index contributed by atoms with van der Waals surface area (Å²) in [4.78, 5) is 0.0583. The molecule has 0 radical (unpaired) electrons. The number of sulfonamides is 2. The first kappa shape index (κ1) is 21.8. The molecule has 27 heavy (non-hydrogen) atoms. The molecule has 0 unspecified atom stereocenters. The molecule has 2 rings (SSSR count). The van der Waals surface area contributed by atoms with Gasteiger partial charge in [0.1, 0.15) is 0 Å². The Balaban J connectivity index is 2.25. The second-order valence-corrected chi connectivity index (χ2v) is 10.0. The maximum atomic E-state index is 12.6. The smallest absolute Gasteiger partial charge is 0.207 e. The van der Waals surface area contributed by atoms with Crippen molar-refractivity contribution in [2.24, 2.45) is 0 Å². The third-order valence-electron chi connectivity index (χ3n) is 4.16. The number of benzene rings is 2. The molecule has 0 fully saturated rings. The lowest BCUT2D eigenvalue weighted by atomic mass is 10.1. The van der Waals surface area contributed by atoms with Gasteiger partial charge in [0.2, 0.25) is 20.0 Å². The van der Waals surface area contributed by atoms with Gasteiger partial charge < -0.3 is 0 Å². The summed E-state index contributed by atoms with van der Waals surface area (Å²) in [7, 11) is -7.45. The lowest BCUT2D eigenvalue weighted by molar-refractivity contribution is 0.445. The Bertz CT molecular complexity index is 986. The Morgan fingerprint density at radius 1 is 0.963 bits per heavy atom. The van der Waals surface area contributed by atoms with Gasteiger partial charge in [-0.05, 0) is 48.9 Å². The zero-order valence-corrected chi connectivity index (χ0v) is 17.8. The number of halogens is 1. The van der Waals surface area contributed by atoms with Gasteiger partial charge in [0, 0.05) is 24.2 Å². The predicted octanol–water partition coefficient (Wildman–Crippen LogP) is 3.41. The zero-order chi connectivity index (χ0) is 20.2. The van der Waals surface area contributed by atoms with Crippen molar-refractivity contribution >= 4 is 31.6 Å². The van der Waals surface area contributed by atoms with Gasteiger partial charge in [-0.1, -0.05) is 37.6 Å². The molecule has 0 aliphatic rings. The number of nitrogens with one attached hydrogen (secondary N) is 1. The summed E-state index contributed by atoms with van der Waals surface area (Å²) >= 11 is 5.95. The van der Waals surface area contributed by atoms with Crippen LogP contribution in [0.25, 0.3) is 0 Å². The Kier molecular flexibility index (Phi) is 7.04. The van der Waals surface area contributed by atoms with Crippen LogP contribution < -0.4 is 4.72 Å². The van der Waals surface area contributed by atoms with Crippen LogP contribution in [0.1, 0.15) is 32.4 Å². The van der Waals surface area contributed by atoms with Gasteiger partial charge in [0.25, 0.3) is 0 Å². The summed E-state index contributed by atoms with van der Waals surface area (Å²) in [6, 6.07) is 11.6. The largest absolute Gasteiger partial charge is 0.243 e. The summed E-state index contributed by atoms with van der Waals surface area (Å²) in [5.74, 6) is 0. The van der Waals surface area contributed by atoms with E-state index < -0.39 is 26.1 Å². The molecule has 0 aliphatic heterocycles.